The van der Waals surface area contributed by atoms with Crippen LogP contribution in [0.1, 0.15) is 22.0 Å². The van der Waals surface area contributed by atoms with Crippen LogP contribution in [0.3, 0.4) is 0 Å². The number of oxazole rings is 1. The molecule has 0 saturated carbocycles. The lowest BCUT2D eigenvalue weighted by molar-refractivity contribution is -0.118. The number of benzene rings is 2. The van der Waals surface area contributed by atoms with Crippen LogP contribution in [0.4, 0.5) is 5.69 Å². The Morgan fingerprint density at radius 2 is 1.90 bits per heavy atom. The normalized spacial score (nSPS) is 11.9. The molecule has 0 saturated heterocycles. The largest absolute Gasteiger partial charge is 0.459 e. The van der Waals surface area contributed by atoms with Gasteiger partial charge in [0.15, 0.2) is 17.2 Å². The second kappa shape index (κ2) is 8.02. The molecular formula is C22H19N3O4. The van der Waals surface area contributed by atoms with Gasteiger partial charge < -0.3 is 19.5 Å². The molecule has 0 spiro atoms. The molecular weight excluding hydrogens is 370 g/mol. The van der Waals surface area contributed by atoms with Crippen molar-refractivity contribution >= 4 is 28.6 Å². The lowest BCUT2D eigenvalue weighted by atomic mass is 10.0. The van der Waals surface area contributed by atoms with Crippen molar-refractivity contribution < 1.29 is 18.4 Å². The number of aromatic nitrogens is 1. The Morgan fingerprint density at radius 3 is 2.66 bits per heavy atom. The zero-order chi connectivity index (χ0) is 20.2. The summed E-state index contributed by atoms with van der Waals surface area (Å²) >= 11 is 0. The fraction of sp³-hybridized carbons (Fsp3) is 0.136. The van der Waals surface area contributed by atoms with Gasteiger partial charge in [0.25, 0.3) is 5.91 Å². The van der Waals surface area contributed by atoms with Crippen LogP contribution >= 0.6 is 0 Å². The van der Waals surface area contributed by atoms with E-state index in [1.54, 1.807) is 37.3 Å². The summed E-state index contributed by atoms with van der Waals surface area (Å²) in [4.78, 5) is 29.7. The molecule has 0 aliphatic rings. The van der Waals surface area contributed by atoms with Crippen molar-refractivity contribution in [1.29, 1.82) is 0 Å². The van der Waals surface area contributed by atoms with Crippen molar-refractivity contribution in [3.8, 4) is 0 Å². The van der Waals surface area contributed by atoms with Gasteiger partial charge in [-0.3, -0.25) is 9.59 Å². The van der Waals surface area contributed by atoms with Crippen LogP contribution in [0.25, 0.3) is 11.1 Å². The Morgan fingerprint density at radius 1 is 1.07 bits per heavy atom. The van der Waals surface area contributed by atoms with Gasteiger partial charge in [0.05, 0.1) is 6.26 Å². The molecule has 2 heterocycles. The van der Waals surface area contributed by atoms with Gasteiger partial charge in [-0.15, -0.1) is 0 Å². The molecule has 0 aliphatic heterocycles. The van der Waals surface area contributed by atoms with E-state index in [2.05, 4.69) is 15.6 Å². The number of fused-ring (bicyclic) bond motifs is 1. The Bertz CT molecular complexity index is 1130. The molecule has 2 N–H and O–H groups in total. The van der Waals surface area contributed by atoms with Crippen molar-refractivity contribution in [2.45, 2.75) is 19.4 Å². The summed E-state index contributed by atoms with van der Waals surface area (Å²) in [6.45, 7) is 1.76. The predicted molar refractivity (Wildman–Crippen MR) is 107 cm³/mol. The van der Waals surface area contributed by atoms with E-state index in [0.717, 1.165) is 5.56 Å². The van der Waals surface area contributed by atoms with Gasteiger partial charge in [-0.1, -0.05) is 30.3 Å². The fourth-order valence-corrected chi connectivity index (χ4v) is 3.05. The van der Waals surface area contributed by atoms with Crippen molar-refractivity contribution in [3.63, 3.8) is 0 Å². The first kappa shape index (κ1) is 18.5. The van der Waals surface area contributed by atoms with E-state index in [1.807, 2.05) is 30.3 Å². The average Bonchev–Trinajstić information content (AvgIpc) is 3.37. The van der Waals surface area contributed by atoms with Crippen LogP contribution in [0.2, 0.25) is 0 Å². The fourth-order valence-electron chi connectivity index (χ4n) is 3.05. The van der Waals surface area contributed by atoms with E-state index in [1.165, 1.54) is 6.26 Å². The van der Waals surface area contributed by atoms with Gasteiger partial charge in [0.2, 0.25) is 5.91 Å². The number of nitrogens with one attached hydrogen (secondary N) is 2. The third-order valence-corrected chi connectivity index (χ3v) is 4.41. The minimum Gasteiger partial charge on any atom is -0.459 e. The molecule has 2 amide bonds. The van der Waals surface area contributed by atoms with Crippen LogP contribution in [0.5, 0.6) is 0 Å². The number of aryl methyl sites for hydroxylation is 1. The number of furan rings is 1. The molecule has 0 radical (unpaired) electrons. The number of carbonyl (C=O) groups is 2. The molecule has 146 valence electrons. The van der Waals surface area contributed by atoms with Gasteiger partial charge in [-0.2, -0.15) is 0 Å². The van der Waals surface area contributed by atoms with E-state index in [-0.39, 0.29) is 11.7 Å². The summed E-state index contributed by atoms with van der Waals surface area (Å²) in [5.74, 6) is -0.0894. The first-order valence-corrected chi connectivity index (χ1v) is 9.15. The maximum atomic E-state index is 13.0. The van der Waals surface area contributed by atoms with E-state index in [4.69, 9.17) is 8.83 Å². The number of rotatable bonds is 6. The van der Waals surface area contributed by atoms with Gasteiger partial charge in [-0.25, -0.2) is 4.98 Å². The number of hydrogen-bond acceptors (Lipinski definition) is 5. The maximum Gasteiger partial charge on any atom is 0.287 e. The smallest absolute Gasteiger partial charge is 0.287 e. The second-order valence-electron chi connectivity index (χ2n) is 6.60. The molecule has 0 unspecified atom stereocenters. The molecule has 2 aromatic heterocycles. The topological polar surface area (TPSA) is 97.4 Å². The average molecular weight is 389 g/mol. The Balaban J connectivity index is 1.54. The number of anilines is 1. The Hall–Kier alpha value is -3.87. The number of amides is 2. The quantitative estimate of drug-likeness (QED) is 0.524. The standard InChI is InChI=1S/C22H19N3O4/c1-14-23-17-13-16(9-10-19(17)29-14)24-21(26)18(12-15-6-3-2-4-7-15)25-22(27)20-8-5-11-28-20/h2-11,13,18H,12H2,1H3,(H,24,26)(H,25,27)/t18-/m1/s1. The number of carbonyl (C=O) groups excluding carboxylic acids is 2. The van der Waals surface area contributed by atoms with Gasteiger partial charge in [0.1, 0.15) is 11.6 Å². The molecule has 0 fully saturated rings. The minimum atomic E-state index is -0.787. The summed E-state index contributed by atoms with van der Waals surface area (Å²) in [6.07, 6.45) is 1.75. The lowest BCUT2D eigenvalue weighted by Gasteiger charge is -2.18. The molecule has 4 aromatic rings. The minimum absolute atomic E-state index is 0.148. The number of hydrogen-bond donors (Lipinski definition) is 2. The van der Waals surface area contributed by atoms with Crippen molar-refractivity contribution in [1.82, 2.24) is 10.3 Å². The third-order valence-electron chi connectivity index (χ3n) is 4.41. The zero-order valence-electron chi connectivity index (χ0n) is 15.7. The molecule has 4 rings (SSSR count). The summed E-state index contributed by atoms with van der Waals surface area (Å²) in [5, 5.41) is 5.60. The number of nitrogens with zero attached hydrogens (tertiary/aromatic N) is 1. The van der Waals surface area contributed by atoms with Gasteiger partial charge in [-0.05, 0) is 35.9 Å². The van der Waals surface area contributed by atoms with Crippen LogP contribution in [0, 0.1) is 6.92 Å². The highest BCUT2D eigenvalue weighted by Gasteiger charge is 2.23. The maximum absolute atomic E-state index is 13.0. The van der Waals surface area contributed by atoms with E-state index in [0.29, 0.717) is 29.1 Å². The van der Waals surface area contributed by atoms with Crippen molar-refractivity contribution in [2.75, 3.05) is 5.32 Å². The van der Waals surface area contributed by atoms with Crippen molar-refractivity contribution in [2.24, 2.45) is 0 Å². The Labute approximate surface area is 166 Å². The monoisotopic (exact) mass is 389 g/mol. The summed E-state index contributed by atoms with van der Waals surface area (Å²) in [6, 6.07) is 17.1. The van der Waals surface area contributed by atoms with E-state index >= 15 is 0 Å². The summed E-state index contributed by atoms with van der Waals surface area (Å²) in [7, 11) is 0. The van der Waals surface area contributed by atoms with Crippen LogP contribution in [-0.4, -0.2) is 22.8 Å². The van der Waals surface area contributed by atoms with Crippen LogP contribution < -0.4 is 10.6 Å². The first-order chi connectivity index (χ1) is 14.1. The highest BCUT2D eigenvalue weighted by molar-refractivity contribution is 6.00. The summed E-state index contributed by atoms with van der Waals surface area (Å²) < 4.78 is 10.6. The second-order valence-corrected chi connectivity index (χ2v) is 6.60. The molecule has 7 heteroatoms. The van der Waals surface area contributed by atoms with E-state index < -0.39 is 11.9 Å². The molecule has 0 aliphatic carbocycles. The first-order valence-electron chi connectivity index (χ1n) is 9.15. The van der Waals surface area contributed by atoms with Gasteiger partial charge >= 0.3 is 0 Å². The third kappa shape index (κ3) is 4.35. The lowest BCUT2D eigenvalue weighted by Crippen LogP contribution is -2.45. The Kier molecular flexibility index (Phi) is 5.11. The van der Waals surface area contributed by atoms with Crippen molar-refractivity contribution in [3.05, 3.63) is 84.1 Å². The zero-order valence-corrected chi connectivity index (χ0v) is 15.7. The highest BCUT2D eigenvalue weighted by Crippen LogP contribution is 2.20. The van der Waals surface area contributed by atoms with Crippen LogP contribution in [0.15, 0.2) is 75.8 Å². The van der Waals surface area contributed by atoms with Gasteiger partial charge in [0, 0.05) is 19.0 Å². The highest BCUT2D eigenvalue weighted by atomic mass is 16.3. The SMILES string of the molecule is Cc1nc2cc(NC(=O)[C@@H](Cc3ccccc3)NC(=O)c3ccco3)ccc2o1. The molecule has 7 nitrogen and oxygen atoms in total. The van der Waals surface area contributed by atoms with Crippen LogP contribution in [-0.2, 0) is 11.2 Å². The molecule has 0 bridgehead atoms. The molecule has 2 aromatic carbocycles. The predicted octanol–water partition coefficient (Wildman–Crippen LogP) is 3.71. The van der Waals surface area contributed by atoms with E-state index in [9.17, 15) is 9.59 Å². The molecule has 1 atom stereocenters. The summed E-state index contributed by atoms with van der Waals surface area (Å²) in [5.41, 5.74) is 2.79. The molecule has 29 heavy (non-hydrogen) atoms.